The van der Waals surface area contributed by atoms with Crippen molar-refractivity contribution in [1.29, 1.82) is 0 Å². The predicted octanol–water partition coefficient (Wildman–Crippen LogP) is 3.42. The molecule has 2 aromatic rings. The molecule has 1 saturated heterocycles. The summed E-state index contributed by atoms with van der Waals surface area (Å²) in [6.45, 7) is 2.05. The van der Waals surface area contributed by atoms with Crippen LogP contribution in [0.1, 0.15) is 31.4 Å². The number of carbonyl (C=O) groups excluding carboxylic acids is 1. The first kappa shape index (κ1) is 16.9. The van der Waals surface area contributed by atoms with Crippen molar-refractivity contribution in [1.82, 2.24) is 9.78 Å². The van der Waals surface area contributed by atoms with Crippen molar-refractivity contribution in [3.05, 3.63) is 42.2 Å². The van der Waals surface area contributed by atoms with E-state index >= 15 is 0 Å². The molecule has 128 valence electrons. The van der Waals surface area contributed by atoms with Crippen LogP contribution in [0.4, 0.5) is 5.69 Å². The molecule has 2 atom stereocenters. The second-order valence-corrected chi connectivity index (χ2v) is 7.35. The Hall–Kier alpha value is -1.95. The van der Waals surface area contributed by atoms with Crippen LogP contribution < -0.4 is 9.64 Å². The van der Waals surface area contributed by atoms with E-state index in [1.165, 1.54) is 0 Å². The molecular formula is C18H23N3O2S. The number of thioether (sulfide) groups is 1. The van der Waals surface area contributed by atoms with Gasteiger partial charge in [-0.25, -0.2) is 0 Å². The molecule has 5 nitrogen and oxygen atoms in total. The number of anilines is 1. The van der Waals surface area contributed by atoms with Crippen LogP contribution in [0, 0.1) is 0 Å². The van der Waals surface area contributed by atoms with Crippen molar-refractivity contribution in [2.75, 3.05) is 17.8 Å². The number of carbonyl (C=O) groups is 1. The van der Waals surface area contributed by atoms with E-state index in [1.807, 2.05) is 42.4 Å². The van der Waals surface area contributed by atoms with Gasteiger partial charge in [0, 0.05) is 13.2 Å². The fourth-order valence-electron chi connectivity index (χ4n) is 3.05. The number of hydrogen-bond donors (Lipinski definition) is 0. The van der Waals surface area contributed by atoms with Gasteiger partial charge in [0.1, 0.15) is 5.75 Å². The Bertz CT molecular complexity index is 710. The first-order chi connectivity index (χ1) is 11.6. The van der Waals surface area contributed by atoms with E-state index in [9.17, 15) is 4.79 Å². The zero-order valence-electron chi connectivity index (χ0n) is 14.3. The molecule has 0 aliphatic carbocycles. The SMILES string of the molecule is COc1cccc(C(C)N(C(=O)C2CCCS2)c2cnn(C)c2)c1. The van der Waals surface area contributed by atoms with E-state index < -0.39 is 0 Å². The van der Waals surface area contributed by atoms with E-state index in [2.05, 4.69) is 12.0 Å². The fourth-order valence-corrected chi connectivity index (χ4v) is 4.26. The summed E-state index contributed by atoms with van der Waals surface area (Å²) < 4.78 is 7.06. The summed E-state index contributed by atoms with van der Waals surface area (Å²) in [5.41, 5.74) is 1.89. The van der Waals surface area contributed by atoms with Gasteiger partial charge in [0.05, 0.1) is 30.3 Å². The van der Waals surface area contributed by atoms with E-state index in [-0.39, 0.29) is 17.2 Å². The summed E-state index contributed by atoms with van der Waals surface area (Å²) in [6.07, 6.45) is 5.71. The highest BCUT2D eigenvalue weighted by Gasteiger charge is 2.32. The average Bonchev–Trinajstić information content (AvgIpc) is 3.27. The summed E-state index contributed by atoms with van der Waals surface area (Å²) in [4.78, 5) is 15.0. The molecule has 1 fully saturated rings. The number of amides is 1. The van der Waals surface area contributed by atoms with Gasteiger partial charge in [-0.05, 0) is 43.2 Å². The van der Waals surface area contributed by atoms with Crippen LogP contribution in [0.15, 0.2) is 36.7 Å². The molecule has 1 aromatic carbocycles. The van der Waals surface area contributed by atoms with Gasteiger partial charge in [0.25, 0.3) is 0 Å². The number of nitrogens with zero attached hydrogens (tertiary/aromatic N) is 3. The van der Waals surface area contributed by atoms with Gasteiger partial charge in [0.15, 0.2) is 0 Å². The lowest BCUT2D eigenvalue weighted by atomic mass is 10.0. The molecular weight excluding hydrogens is 322 g/mol. The third kappa shape index (κ3) is 3.43. The third-order valence-electron chi connectivity index (χ3n) is 4.38. The van der Waals surface area contributed by atoms with Crippen molar-refractivity contribution in [2.45, 2.75) is 31.1 Å². The van der Waals surface area contributed by atoms with E-state index in [0.717, 1.165) is 35.6 Å². The number of ether oxygens (including phenoxy) is 1. The molecule has 2 heterocycles. The van der Waals surface area contributed by atoms with Crippen LogP contribution in [-0.2, 0) is 11.8 Å². The van der Waals surface area contributed by atoms with E-state index in [0.29, 0.717) is 0 Å². The maximum absolute atomic E-state index is 13.2. The Morgan fingerprint density at radius 1 is 1.50 bits per heavy atom. The first-order valence-electron chi connectivity index (χ1n) is 8.17. The van der Waals surface area contributed by atoms with Crippen LogP contribution in [0.2, 0.25) is 0 Å². The Balaban J connectivity index is 1.95. The largest absolute Gasteiger partial charge is 0.497 e. The second kappa shape index (κ2) is 7.30. The normalized spacial score (nSPS) is 18.4. The Morgan fingerprint density at radius 2 is 2.33 bits per heavy atom. The summed E-state index contributed by atoms with van der Waals surface area (Å²) in [5.74, 6) is 2.03. The maximum Gasteiger partial charge on any atom is 0.240 e. The number of hydrogen-bond acceptors (Lipinski definition) is 4. The molecule has 2 unspecified atom stereocenters. The van der Waals surface area contributed by atoms with Gasteiger partial charge < -0.3 is 9.64 Å². The van der Waals surface area contributed by atoms with Gasteiger partial charge in [-0.2, -0.15) is 5.10 Å². The van der Waals surface area contributed by atoms with Crippen LogP contribution in [0.3, 0.4) is 0 Å². The minimum absolute atomic E-state index is 0.0401. The van der Waals surface area contributed by atoms with Gasteiger partial charge >= 0.3 is 0 Å². The number of benzene rings is 1. The number of aromatic nitrogens is 2. The molecule has 1 amide bonds. The molecule has 24 heavy (non-hydrogen) atoms. The molecule has 0 saturated carbocycles. The molecule has 6 heteroatoms. The van der Waals surface area contributed by atoms with Crippen LogP contribution in [0.25, 0.3) is 0 Å². The Morgan fingerprint density at radius 3 is 2.96 bits per heavy atom. The fraction of sp³-hybridized carbons (Fsp3) is 0.444. The summed E-state index contributed by atoms with van der Waals surface area (Å²) in [5, 5.41) is 4.29. The lowest BCUT2D eigenvalue weighted by molar-refractivity contribution is -0.118. The van der Waals surface area contributed by atoms with E-state index in [1.54, 1.807) is 29.8 Å². The second-order valence-electron chi connectivity index (χ2n) is 6.03. The molecule has 0 N–H and O–H groups in total. The lowest BCUT2D eigenvalue weighted by Crippen LogP contribution is -2.38. The summed E-state index contributed by atoms with van der Waals surface area (Å²) >= 11 is 1.76. The molecule has 1 aliphatic rings. The van der Waals surface area contributed by atoms with E-state index in [4.69, 9.17) is 4.74 Å². The topological polar surface area (TPSA) is 47.4 Å². The Kier molecular flexibility index (Phi) is 5.14. The van der Waals surface area contributed by atoms with Crippen molar-refractivity contribution in [3.63, 3.8) is 0 Å². The van der Waals surface area contributed by atoms with Gasteiger partial charge in [0.2, 0.25) is 5.91 Å². The monoisotopic (exact) mass is 345 g/mol. The van der Waals surface area contributed by atoms with Crippen molar-refractivity contribution in [2.24, 2.45) is 7.05 Å². The molecule has 3 rings (SSSR count). The highest BCUT2D eigenvalue weighted by molar-refractivity contribution is 8.00. The van der Waals surface area contributed by atoms with Gasteiger partial charge in [-0.3, -0.25) is 9.48 Å². The summed E-state index contributed by atoms with van der Waals surface area (Å²) in [6, 6.07) is 7.81. The Labute approximate surface area is 147 Å². The molecule has 0 bridgehead atoms. The summed E-state index contributed by atoms with van der Waals surface area (Å²) in [7, 11) is 3.52. The van der Waals surface area contributed by atoms with Crippen LogP contribution in [0.5, 0.6) is 5.75 Å². The minimum atomic E-state index is -0.0852. The standard InChI is InChI=1S/C18H23N3O2S/c1-13(14-6-4-7-16(10-14)23-3)21(15-11-19-20(2)12-15)18(22)17-8-5-9-24-17/h4,6-7,10-13,17H,5,8-9H2,1-3H3. The average molecular weight is 345 g/mol. The molecule has 0 radical (unpaired) electrons. The van der Waals surface area contributed by atoms with Crippen molar-refractivity contribution >= 4 is 23.4 Å². The van der Waals surface area contributed by atoms with Crippen LogP contribution >= 0.6 is 11.8 Å². The number of methoxy groups -OCH3 is 1. The number of aryl methyl sites for hydroxylation is 1. The highest BCUT2D eigenvalue weighted by atomic mass is 32.2. The van der Waals surface area contributed by atoms with Crippen molar-refractivity contribution in [3.8, 4) is 5.75 Å². The highest BCUT2D eigenvalue weighted by Crippen LogP contribution is 2.34. The molecule has 1 aliphatic heterocycles. The van der Waals surface area contributed by atoms with Crippen LogP contribution in [-0.4, -0.2) is 33.8 Å². The smallest absolute Gasteiger partial charge is 0.240 e. The number of rotatable bonds is 5. The molecule has 0 spiro atoms. The minimum Gasteiger partial charge on any atom is -0.497 e. The lowest BCUT2D eigenvalue weighted by Gasteiger charge is -2.30. The van der Waals surface area contributed by atoms with Crippen molar-refractivity contribution < 1.29 is 9.53 Å². The van der Waals surface area contributed by atoms with Gasteiger partial charge in [-0.1, -0.05) is 12.1 Å². The zero-order chi connectivity index (χ0) is 17.1. The maximum atomic E-state index is 13.2. The quantitative estimate of drug-likeness (QED) is 0.833. The van der Waals surface area contributed by atoms with Gasteiger partial charge in [-0.15, -0.1) is 11.8 Å². The third-order valence-corrected chi connectivity index (χ3v) is 5.74. The first-order valence-corrected chi connectivity index (χ1v) is 9.22. The zero-order valence-corrected chi connectivity index (χ0v) is 15.1. The predicted molar refractivity (Wildman–Crippen MR) is 97.6 cm³/mol. The molecule has 1 aromatic heterocycles.